The van der Waals surface area contributed by atoms with Crippen molar-refractivity contribution in [1.82, 2.24) is 9.78 Å². The Labute approximate surface area is 166 Å². The van der Waals surface area contributed by atoms with E-state index in [1.165, 1.54) is 22.6 Å². The van der Waals surface area contributed by atoms with E-state index in [9.17, 15) is 0 Å². The predicted molar refractivity (Wildman–Crippen MR) is 120 cm³/mol. The quantitative estimate of drug-likeness (QED) is 0.716. The fraction of sp³-hybridized carbons (Fsp3) is 0.545. The minimum Gasteiger partial charge on any atom is -0.396 e. The highest BCUT2D eigenvalue weighted by atomic mass is 32.2. The predicted octanol–water partition coefficient (Wildman–Crippen LogP) is 4.89. The Morgan fingerprint density at radius 2 is 1.81 bits per heavy atom. The van der Waals surface area contributed by atoms with Crippen LogP contribution in [0.2, 0.25) is 0 Å². The van der Waals surface area contributed by atoms with Crippen LogP contribution in [0.25, 0.3) is 0 Å². The Hall–Kier alpha value is -1.59. The van der Waals surface area contributed by atoms with E-state index in [0.29, 0.717) is 22.2 Å². The minimum atomic E-state index is -0.0989. The third-order valence-corrected chi connectivity index (χ3v) is 6.20. The van der Waals surface area contributed by atoms with Gasteiger partial charge in [-0.15, -0.1) is 0 Å². The molecule has 2 aromatic rings. The number of hydrogen-bond donors (Lipinski definition) is 2. The first-order valence-electron chi connectivity index (χ1n) is 9.77. The number of benzene rings is 1. The van der Waals surface area contributed by atoms with Crippen molar-refractivity contribution < 1.29 is 5.11 Å². The summed E-state index contributed by atoms with van der Waals surface area (Å²) in [4.78, 5) is 0. The molecular formula is C22H35N3OS. The highest BCUT2D eigenvalue weighted by Crippen LogP contribution is 2.33. The lowest BCUT2D eigenvalue weighted by Gasteiger charge is -2.21. The number of nitrogens with two attached hydrogens (primary N) is 1. The number of rotatable bonds is 5. The van der Waals surface area contributed by atoms with E-state index in [4.69, 9.17) is 10.8 Å². The summed E-state index contributed by atoms with van der Waals surface area (Å²) in [5.74, 6) is 7.51. The maximum absolute atomic E-state index is 9.09. The summed E-state index contributed by atoms with van der Waals surface area (Å²) < 4.78 is 1.86. The van der Waals surface area contributed by atoms with Gasteiger partial charge in [0.2, 0.25) is 0 Å². The van der Waals surface area contributed by atoms with Crippen LogP contribution in [-0.2, 0) is 17.0 Å². The van der Waals surface area contributed by atoms with Crippen LogP contribution in [0.4, 0.5) is 5.82 Å². The Balaban J connectivity index is 0.000000219. The third-order valence-electron chi connectivity index (χ3n) is 4.76. The standard InChI is InChI=1S/C13H25N3O.C9H10S/c1-5-6-10(7-8-17)11-9-12(14)16(15-11)13(2,3)4;1-10-6-8-4-2-3-5-9(8)7-10/h9-10,17H,5-8,14H2,1-4H3;2-5H,1,6-7H2. The highest BCUT2D eigenvalue weighted by Gasteiger charge is 2.21. The molecule has 3 N–H and O–H groups in total. The van der Waals surface area contributed by atoms with Crippen LogP contribution >= 0.6 is 10.5 Å². The zero-order valence-corrected chi connectivity index (χ0v) is 18.1. The van der Waals surface area contributed by atoms with Crippen LogP contribution in [0.1, 0.15) is 69.7 Å². The van der Waals surface area contributed by atoms with Gasteiger partial charge in [0.25, 0.3) is 0 Å². The SMILES string of the molecule is C=S1Cc2ccccc2C1.CCCC(CCO)c1cc(N)n(C(C)(C)C)n1. The normalized spacial score (nSPS) is 15.1. The van der Waals surface area contributed by atoms with Crippen LogP contribution in [0, 0.1) is 0 Å². The van der Waals surface area contributed by atoms with Crippen LogP contribution in [0.3, 0.4) is 0 Å². The van der Waals surface area contributed by atoms with E-state index in [-0.39, 0.29) is 12.1 Å². The summed E-state index contributed by atoms with van der Waals surface area (Å²) in [6.45, 7) is 8.60. The minimum absolute atomic E-state index is 0.0989. The van der Waals surface area contributed by atoms with Crippen molar-refractivity contribution in [2.75, 3.05) is 12.3 Å². The van der Waals surface area contributed by atoms with Crippen molar-refractivity contribution in [3.8, 4) is 0 Å². The van der Waals surface area contributed by atoms with E-state index in [1.807, 2.05) is 10.7 Å². The van der Waals surface area contributed by atoms with Gasteiger partial charge in [-0.1, -0.05) is 43.5 Å². The fourth-order valence-electron chi connectivity index (χ4n) is 3.43. The molecule has 5 heteroatoms. The van der Waals surface area contributed by atoms with Gasteiger partial charge in [0, 0.05) is 30.1 Å². The average Bonchev–Trinajstić information content (AvgIpc) is 3.16. The summed E-state index contributed by atoms with van der Waals surface area (Å²) in [6, 6.07) is 10.6. The van der Waals surface area contributed by atoms with Crippen molar-refractivity contribution in [2.24, 2.45) is 0 Å². The number of fused-ring (bicyclic) bond motifs is 1. The molecule has 2 heterocycles. The fourth-order valence-corrected chi connectivity index (χ4v) is 4.97. The van der Waals surface area contributed by atoms with Gasteiger partial charge in [-0.05, 0) is 44.7 Å². The van der Waals surface area contributed by atoms with E-state index >= 15 is 0 Å². The van der Waals surface area contributed by atoms with Crippen molar-refractivity contribution in [1.29, 1.82) is 0 Å². The summed E-state index contributed by atoms with van der Waals surface area (Å²) in [5.41, 5.74) is 9.93. The van der Waals surface area contributed by atoms with E-state index < -0.39 is 0 Å². The number of aliphatic hydroxyl groups is 1. The van der Waals surface area contributed by atoms with Crippen molar-refractivity contribution in [3.63, 3.8) is 0 Å². The maximum Gasteiger partial charge on any atom is 0.122 e. The second-order valence-corrected chi connectivity index (χ2v) is 10.0. The van der Waals surface area contributed by atoms with Crippen LogP contribution in [0.15, 0.2) is 30.3 Å². The van der Waals surface area contributed by atoms with E-state index in [2.05, 4.69) is 62.9 Å². The number of aromatic nitrogens is 2. The first kappa shape index (κ1) is 21.7. The zero-order valence-electron chi connectivity index (χ0n) is 17.2. The van der Waals surface area contributed by atoms with E-state index in [0.717, 1.165) is 25.0 Å². The average molecular weight is 390 g/mol. The summed E-state index contributed by atoms with van der Waals surface area (Å²) in [6.07, 6.45) is 2.89. The summed E-state index contributed by atoms with van der Waals surface area (Å²) in [5, 5.41) is 13.7. The molecule has 1 aliphatic heterocycles. The van der Waals surface area contributed by atoms with Gasteiger partial charge in [-0.2, -0.15) is 15.6 Å². The molecule has 0 aliphatic carbocycles. The Bertz CT molecular complexity index is 728. The maximum atomic E-state index is 9.09. The molecule has 150 valence electrons. The molecular weight excluding hydrogens is 354 g/mol. The van der Waals surface area contributed by atoms with Gasteiger partial charge in [0.15, 0.2) is 0 Å². The van der Waals surface area contributed by atoms with Crippen LogP contribution < -0.4 is 5.73 Å². The zero-order chi connectivity index (χ0) is 20.0. The molecule has 0 radical (unpaired) electrons. The lowest BCUT2D eigenvalue weighted by Crippen LogP contribution is -2.25. The number of aliphatic hydroxyl groups excluding tert-OH is 1. The van der Waals surface area contributed by atoms with Crippen molar-refractivity contribution >= 4 is 22.2 Å². The second-order valence-electron chi connectivity index (χ2n) is 8.24. The molecule has 1 aliphatic rings. The largest absolute Gasteiger partial charge is 0.396 e. The molecule has 0 amide bonds. The molecule has 4 nitrogen and oxygen atoms in total. The Morgan fingerprint density at radius 1 is 1.22 bits per heavy atom. The number of nitrogen functional groups attached to an aromatic ring is 1. The molecule has 1 atom stereocenters. The van der Waals surface area contributed by atoms with Crippen molar-refractivity contribution in [3.05, 3.63) is 47.2 Å². The number of nitrogens with zero attached hydrogens (tertiary/aromatic N) is 2. The monoisotopic (exact) mass is 389 g/mol. The lowest BCUT2D eigenvalue weighted by molar-refractivity contribution is 0.270. The molecule has 0 spiro atoms. The first-order valence-corrected chi connectivity index (χ1v) is 11.5. The summed E-state index contributed by atoms with van der Waals surface area (Å²) >= 11 is 0. The molecule has 0 bridgehead atoms. The number of hydrogen-bond acceptors (Lipinski definition) is 3. The Morgan fingerprint density at radius 3 is 2.26 bits per heavy atom. The van der Waals surface area contributed by atoms with Gasteiger partial charge in [-0.3, -0.25) is 0 Å². The van der Waals surface area contributed by atoms with Crippen LogP contribution in [0.5, 0.6) is 0 Å². The molecule has 27 heavy (non-hydrogen) atoms. The van der Waals surface area contributed by atoms with Crippen molar-refractivity contribution in [2.45, 2.75) is 69.9 Å². The Kier molecular flexibility index (Phi) is 7.68. The molecule has 0 fully saturated rings. The molecule has 1 unspecified atom stereocenters. The molecule has 1 aromatic carbocycles. The highest BCUT2D eigenvalue weighted by molar-refractivity contribution is 8.12. The van der Waals surface area contributed by atoms with E-state index in [1.54, 1.807) is 0 Å². The molecule has 1 aromatic heterocycles. The van der Waals surface area contributed by atoms with Gasteiger partial charge >= 0.3 is 0 Å². The smallest absolute Gasteiger partial charge is 0.122 e. The second kappa shape index (κ2) is 9.56. The third kappa shape index (κ3) is 5.94. The van der Waals surface area contributed by atoms with Gasteiger partial charge in [0.1, 0.15) is 5.82 Å². The molecule has 3 rings (SSSR count). The first-order chi connectivity index (χ1) is 12.8. The van der Waals surface area contributed by atoms with Gasteiger partial charge in [0.05, 0.1) is 11.2 Å². The lowest BCUT2D eigenvalue weighted by atomic mass is 9.97. The number of anilines is 1. The topological polar surface area (TPSA) is 64.1 Å². The van der Waals surface area contributed by atoms with Gasteiger partial charge < -0.3 is 10.8 Å². The van der Waals surface area contributed by atoms with Gasteiger partial charge in [-0.25, -0.2) is 4.68 Å². The summed E-state index contributed by atoms with van der Waals surface area (Å²) in [7, 11) is 0.381. The molecule has 0 saturated heterocycles. The molecule has 0 saturated carbocycles. The van der Waals surface area contributed by atoms with Crippen LogP contribution in [-0.4, -0.2) is 27.4 Å².